The van der Waals surface area contributed by atoms with Crippen LogP contribution in [0, 0.1) is 0 Å². The maximum atomic E-state index is 11.8. The van der Waals surface area contributed by atoms with Crippen LogP contribution in [-0.2, 0) is 6.54 Å². The molecule has 3 nitrogen and oxygen atoms in total. The lowest BCUT2D eigenvalue weighted by Gasteiger charge is -2.08. The Balaban J connectivity index is 2.51. The van der Waals surface area contributed by atoms with Crippen molar-refractivity contribution in [3.63, 3.8) is 0 Å². The van der Waals surface area contributed by atoms with Crippen molar-refractivity contribution in [3.8, 4) is 0 Å². The summed E-state index contributed by atoms with van der Waals surface area (Å²) in [4.78, 5) is 7.19. The Labute approximate surface area is 93.6 Å². The van der Waals surface area contributed by atoms with E-state index in [1.807, 2.05) is 0 Å². The van der Waals surface area contributed by atoms with Gasteiger partial charge in [-0.15, -0.1) is 0 Å². The number of hydrogen-bond donors (Lipinski definition) is 1. The van der Waals surface area contributed by atoms with Crippen molar-refractivity contribution < 1.29 is 13.2 Å². The minimum Gasteiger partial charge on any atom is -0.304 e. The number of hydrogen-bond acceptors (Lipinski definition) is 3. The molecule has 15 heavy (non-hydrogen) atoms. The highest BCUT2D eigenvalue weighted by Gasteiger charge is 2.26. The topological polar surface area (TPSA) is 37.8 Å². The van der Waals surface area contributed by atoms with E-state index in [-0.39, 0.29) is 17.0 Å². The lowest BCUT2D eigenvalue weighted by Crippen LogP contribution is -2.28. The molecule has 0 fully saturated rings. The molecule has 0 aliphatic rings. The Bertz CT molecular complexity index is 343. The predicted molar refractivity (Wildman–Crippen MR) is 49.8 cm³/mol. The molecule has 0 spiro atoms. The minimum atomic E-state index is -4.25. The lowest BCUT2D eigenvalue weighted by molar-refractivity contribution is -0.125. The van der Waals surface area contributed by atoms with E-state index >= 15 is 0 Å². The Kier molecular flexibility index (Phi) is 4.12. The normalized spacial score (nSPS) is 11.8. The fourth-order valence-electron chi connectivity index (χ4n) is 0.824. The summed E-state index contributed by atoms with van der Waals surface area (Å²) in [6.07, 6.45) is -2.97. The highest BCUT2D eigenvalue weighted by Crippen LogP contribution is 2.15. The molecule has 1 aromatic rings. The Morgan fingerprint density at radius 2 is 2.00 bits per heavy atom. The van der Waals surface area contributed by atoms with Gasteiger partial charge in [-0.25, -0.2) is 9.97 Å². The zero-order chi connectivity index (χ0) is 11.5. The van der Waals surface area contributed by atoms with Gasteiger partial charge in [-0.2, -0.15) is 13.2 Å². The van der Waals surface area contributed by atoms with Gasteiger partial charge in [0.25, 0.3) is 0 Å². The monoisotopic (exact) mass is 259 g/mol. The Hall–Kier alpha value is -0.590. The quantitative estimate of drug-likeness (QED) is 0.670. The number of aromatic nitrogens is 2. The van der Waals surface area contributed by atoms with Crippen molar-refractivity contribution in [2.75, 3.05) is 6.54 Å². The molecule has 0 aromatic carbocycles. The summed E-state index contributed by atoms with van der Waals surface area (Å²) >= 11 is 11.0. The van der Waals surface area contributed by atoms with Crippen molar-refractivity contribution in [2.24, 2.45) is 0 Å². The van der Waals surface area contributed by atoms with E-state index in [1.54, 1.807) is 0 Å². The van der Waals surface area contributed by atoms with Crippen LogP contribution >= 0.6 is 23.2 Å². The molecule has 0 unspecified atom stereocenters. The van der Waals surface area contributed by atoms with E-state index in [2.05, 4.69) is 15.3 Å². The average molecular weight is 260 g/mol. The third-order valence-corrected chi connectivity index (χ3v) is 1.93. The van der Waals surface area contributed by atoms with Crippen LogP contribution in [-0.4, -0.2) is 22.7 Å². The highest BCUT2D eigenvalue weighted by molar-refractivity contribution is 6.32. The van der Waals surface area contributed by atoms with Crippen molar-refractivity contribution in [1.82, 2.24) is 15.3 Å². The standard InChI is InChI=1S/C7H6Cl2F3N3/c8-5-4(2-14-6(9)15-5)1-13-3-7(10,11)12/h2,13H,1,3H2. The van der Waals surface area contributed by atoms with E-state index in [1.165, 1.54) is 6.20 Å². The molecule has 0 saturated heterocycles. The van der Waals surface area contributed by atoms with Crippen LogP contribution in [0.25, 0.3) is 0 Å². The molecule has 0 radical (unpaired) electrons. The second-order valence-electron chi connectivity index (χ2n) is 2.67. The van der Waals surface area contributed by atoms with E-state index in [9.17, 15) is 13.2 Å². The molecule has 84 valence electrons. The molecule has 0 saturated carbocycles. The number of nitrogens with zero attached hydrogens (tertiary/aromatic N) is 2. The van der Waals surface area contributed by atoms with Crippen LogP contribution in [0.4, 0.5) is 13.2 Å². The van der Waals surface area contributed by atoms with E-state index < -0.39 is 12.7 Å². The fraction of sp³-hybridized carbons (Fsp3) is 0.429. The van der Waals surface area contributed by atoms with Crippen LogP contribution in [0.3, 0.4) is 0 Å². The fourth-order valence-corrected chi connectivity index (χ4v) is 1.20. The molecule has 1 rings (SSSR count). The Morgan fingerprint density at radius 1 is 1.33 bits per heavy atom. The summed E-state index contributed by atoms with van der Waals surface area (Å²) < 4.78 is 35.3. The maximum absolute atomic E-state index is 11.8. The summed E-state index contributed by atoms with van der Waals surface area (Å²) in [6, 6.07) is 0. The minimum absolute atomic E-state index is 0.0421. The first-order valence-electron chi connectivity index (χ1n) is 3.83. The smallest absolute Gasteiger partial charge is 0.304 e. The first-order chi connectivity index (χ1) is 6.88. The average Bonchev–Trinajstić information content (AvgIpc) is 2.07. The van der Waals surface area contributed by atoms with E-state index in [0.717, 1.165) is 0 Å². The summed E-state index contributed by atoms with van der Waals surface area (Å²) in [5.41, 5.74) is 0.366. The van der Waals surface area contributed by atoms with Crippen LogP contribution < -0.4 is 5.32 Å². The van der Waals surface area contributed by atoms with E-state index in [4.69, 9.17) is 23.2 Å². The predicted octanol–water partition coefficient (Wildman–Crippen LogP) is 2.44. The zero-order valence-electron chi connectivity index (χ0n) is 7.28. The van der Waals surface area contributed by atoms with Crippen LogP contribution in [0.1, 0.15) is 5.56 Å². The van der Waals surface area contributed by atoms with Crippen molar-refractivity contribution in [3.05, 3.63) is 22.2 Å². The molecule has 0 aliphatic carbocycles. The third kappa shape index (κ3) is 4.63. The van der Waals surface area contributed by atoms with Crippen LogP contribution in [0.5, 0.6) is 0 Å². The summed E-state index contributed by atoms with van der Waals surface area (Å²) in [6.45, 7) is -1.15. The maximum Gasteiger partial charge on any atom is 0.401 e. The molecule has 1 aromatic heterocycles. The lowest BCUT2D eigenvalue weighted by atomic mass is 10.3. The van der Waals surface area contributed by atoms with Gasteiger partial charge in [0.2, 0.25) is 5.28 Å². The zero-order valence-corrected chi connectivity index (χ0v) is 8.79. The second-order valence-corrected chi connectivity index (χ2v) is 3.37. The van der Waals surface area contributed by atoms with Crippen molar-refractivity contribution in [2.45, 2.75) is 12.7 Å². The number of nitrogens with one attached hydrogen (secondary N) is 1. The van der Waals surface area contributed by atoms with E-state index in [0.29, 0.717) is 5.56 Å². The molecule has 1 N–H and O–H groups in total. The van der Waals surface area contributed by atoms with Crippen LogP contribution in [0.15, 0.2) is 6.20 Å². The second kappa shape index (κ2) is 4.96. The molecule has 0 aliphatic heterocycles. The molecule has 1 heterocycles. The van der Waals surface area contributed by atoms with Gasteiger partial charge < -0.3 is 5.32 Å². The Morgan fingerprint density at radius 3 is 2.53 bits per heavy atom. The van der Waals surface area contributed by atoms with Crippen molar-refractivity contribution in [1.29, 1.82) is 0 Å². The van der Waals surface area contributed by atoms with Gasteiger partial charge in [-0.3, -0.25) is 0 Å². The summed E-state index contributed by atoms with van der Waals surface area (Å²) in [5.74, 6) is 0. The molecular weight excluding hydrogens is 254 g/mol. The highest BCUT2D eigenvalue weighted by atomic mass is 35.5. The largest absolute Gasteiger partial charge is 0.401 e. The van der Waals surface area contributed by atoms with Gasteiger partial charge in [0.1, 0.15) is 5.15 Å². The van der Waals surface area contributed by atoms with Gasteiger partial charge >= 0.3 is 6.18 Å². The molecule has 0 amide bonds. The van der Waals surface area contributed by atoms with Gasteiger partial charge in [0, 0.05) is 18.3 Å². The number of alkyl halides is 3. The first-order valence-corrected chi connectivity index (χ1v) is 4.58. The molecule has 0 bridgehead atoms. The number of rotatable bonds is 3. The van der Waals surface area contributed by atoms with Gasteiger partial charge in [-0.05, 0) is 11.6 Å². The molecule has 0 atom stereocenters. The molecular formula is C7H6Cl2F3N3. The van der Waals surface area contributed by atoms with Gasteiger partial charge in [-0.1, -0.05) is 11.6 Å². The van der Waals surface area contributed by atoms with Crippen LogP contribution in [0.2, 0.25) is 10.4 Å². The summed E-state index contributed by atoms with van der Waals surface area (Å²) in [7, 11) is 0. The first kappa shape index (κ1) is 12.5. The van der Waals surface area contributed by atoms with Gasteiger partial charge in [0.05, 0.1) is 6.54 Å². The summed E-state index contributed by atoms with van der Waals surface area (Å²) in [5, 5.41) is 2.17. The SMILES string of the molecule is FC(F)(F)CNCc1cnc(Cl)nc1Cl. The molecule has 8 heteroatoms. The number of halogens is 5. The third-order valence-electron chi connectivity index (χ3n) is 1.42. The van der Waals surface area contributed by atoms with Gasteiger partial charge in [0.15, 0.2) is 0 Å². The van der Waals surface area contributed by atoms with Crippen molar-refractivity contribution >= 4 is 23.2 Å².